The summed E-state index contributed by atoms with van der Waals surface area (Å²) in [4.78, 5) is 269. The highest BCUT2D eigenvalue weighted by molar-refractivity contribution is 7.80. The fourth-order valence-corrected chi connectivity index (χ4v) is 15.5. The number of carbonyl (C=O) groups excluding carboxylic acids is 18. The van der Waals surface area contributed by atoms with Crippen LogP contribution in [0.4, 0.5) is 0 Å². The number of aliphatic hydroxyl groups excluding tert-OH is 1. The van der Waals surface area contributed by atoms with Crippen LogP contribution in [0.15, 0.2) is 85.2 Å². The third kappa shape index (κ3) is 36.6. The quantitative estimate of drug-likeness (QED) is 0.0133. The van der Waals surface area contributed by atoms with Crippen molar-refractivity contribution < 1.29 is 106 Å². The number of carbonyl (C=O) groups is 19. The number of nitrogens with zero attached hydrogens (tertiary/aromatic N) is 1. The number of benzene rings is 3. The Labute approximate surface area is 804 Å². The van der Waals surface area contributed by atoms with Crippen molar-refractivity contribution in [1.29, 1.82) is 0 Å². The summed E-state index contributed by atoms with van der Waals surface area (Å²) >= 11 is 8.34. The smallest absolute Gasteiger partial charge is 0.325 e. The summed E-state index contributed by atoms with van der Waals surface area (Å²) in [7, 11) is 0. The highest BCUT2D eigenvalue weighted by atomic mass is 32.1. The number of thiol groups is 2. The van der Waals surface area contributed by atoms with Crippen molar-refractivity contribution in [1.82, 2.24) is 99.9 Å². The summed E-state index contributed by atoms with van der Waals surface area (Å²) in [5, 5.41) is 72.0. The number of aromatic hydroxyl groups is 1. The predicted molar refractivity (Wildman–Crippen MR) is 511 cm³/mol. The number of carboxylic acids is 1. The van der Waals surface area contributed by atoms with Crippen LogP contribution >= 0.6 is 25.3 Å². The molecule has 27 N–H and O–H groups in total. The van der Waals surface area contributed by atoms with Gasteiger partial charge in [0.1, 0.15) is 90.3 Å². The molecule has 752 valence electrons. The Morgan fingerprint density at radius 3 is 1.37 bits per heavy atom. The standard InChI is InChI=1S/C91H134N22O22S2/c1-46(2)32-58(93)78(121)110-70(45-137)87(130)104-62(28-29-72(94)116)81(124)109-68(43-114)85(128)106-63(33-47(3)4)79(122)98-42-75(119)112-76(49(7)8)89(132)105-61(22-15-16-30-92)80(123)108-67(35-52-24-26-55(115)27-25-52)90(133)113-31-17-23-71(113)88(131)99-41-74(118)102-65(36-53-38-95-59-20-13-11-18-56(53)59)83(126)107-64(34-48(5)6)82(125)100-50(9)77(120)97-40-73(117)103-66(37-54-39-96-60-21-14-12-19-57(54)60)84(127)111-69(44-136)86(129)101-51(10)91(134)135/h11-14,18-21,24-27,38-39,46-51,58,61-71,76,95-96,114-115,136-137H,15-17,22-23,28-37,40-45,92-93H2,1-10H3,(H2,94,116)(H,97,120)(H,98,122)(H,99,131)(H,100,125)(H,101,129)(H,102,118)(H,103,117)(H,104,130)(H,105,132)(H,106,128)(H,107,126)(H,108,123)(H,109,124)(H,110,121)(H,111,127)(H,112,119)(H,134,135)/t50-,51-,58-,61-,62-,63-,64-,65-,66-,67-,68-,69-,70-,71-,76-/m0/s1. The Balaban J connectivity index is 1.11. The number of unbranched alkanes of at least 4 members (excludes halogenated alkanes) is 1. The van der Waals surface area contributed by atoms with Crippen molar-refractivity contribution >= 4 is 159 Å². The number of rotatable bonds is 57. The molecule has 46 heteroatoms. The van der Waals surface area contributed by atoms with Gasteiger partial charge in [0.15, 0.2) is 0 Å². The molecule has 137 heavy (non-hydrogen) atoms. The number of carboxylic acid groups (broad SMARTS) is 1. The van der Waals surface area contributed by atoms with Crippen molar-refractivity contribution in [3.05, 3.63) is 102 Å². The number of phenolic OH excluding ortho intramolecular Hbond substituents is 1. The Morgan fingerprint density at radius 2 is 0.869 bits per heavy atom. The number of nitrogens with two attached hydrogens (primary N) is 3. The molecule has 3 aromatic carbocycles. The van der Waals surface area contributed by atoms with Crippen LogP contribution in [0.2, 0.25) is 0 Å². The zero-order valence-corrected chi connectivity index (χ0v) is 80.4. The second-order valence-corrected chi connectivity index (χ2v) is 36.2. The number of para-hydroxylation sites is 2. The molecule has 0 unspecified atom stereocenters. The number of fused-ring (bicyclic) bond motifs is 2. The number of hydrogen-bond donors (Lipinski definition) is 26. The summed E-state index contributed by atoms with van der Waals surface area (Å²) in [5.41, 5.74) is 20.2. The van der Waals surface area contributed by atoms with Gasteiger partial charge in [-0.2, -0.15) is 25.3 Å². The molecule has 0 saturated carbocycles. The van der Waals surface area contributed by atoms with E-state index in [0.29, 0.717) is 39.4 Å². The van der Waals surface area contributed by atoms with Crippen LogP contribution in [0, 0.1) is 23.7 Å². The van der Waals surface area contributed by atoms with Crippen LogP contribution in [0.3, 0.4) is 0 Å². The van der Waals surface area contributed by atoms with Crippen molar-refractivity contribution in [2.45, 2.75) is 243 Å². The number of hydrogen-bond acceptors (Lipinski definition) is 25. The van der Waals surface area contributed by atoms with E-state index in [1.807, 2.05) is 13.8 Å². The molecule has 6 rings (SSSR count). The van der Waals surface area contributed by atoms with Crippen molar-refractivity contribution in [2.24, 2.45) is 40.9 Å². The van der Waals surface area contributed by atoms with Gasteiger partial charge in [0.05, 0.1) is 32.3 Å². The van der Waals surface area contributed by atoms with Gasteiger partial charge in [-0.25, -0.2) is 0 Å². The number of amides is 18. The average molecular weight is 1950 g/mol. The highest BCUT2D eigenvalue weighted by Gasteiger charge is 2.42. The van der Waals surface area contributed by atoms with Crippen molar-refractivity contribution in [3.8, 4) is 5.75 Å². The molecule has 1 saturated heterocycles. The lowest BCUT2D eigenvalue weighted by molar-refractivity contribution is -0.142. The first-order valence-electron chi connectivity index (χ1n) is 45.6. The SMILES string of the molecule is CC(C)C[C@H](NC(=O)[C@H](CO)NC(=O)[C@H](CCC(N)=O)NC(=O)[C@H](CS)NC(=O)[C@@H](N)CC(C)C)C(=O)NCC(=O)N[C@H](C(=O)N[C@@H](CCCCN)C(=O)N[C@@H](Cc1ccc(O)cc1)C(=O)N1CCC[C@H]1C(=O)NCC(=O)N[C@@H](Cc1c[nH]c2ccccc12)C(=O)N[C@@H](CC(C)C)C(=O)N[C@@H](C)C(=O)NCC(=O)N[C@@H](Cc1c[nH]c2ccccc12)C(=O)N[C@@H](CS)C(=O)N[C@@H](C)C(=O)O)C(C)C. The number of phenols is 1. The first-order chi connectivity index (χ1) is 64.8. The van der Waals surface area contributed by atoms with Crippen LogP contribution in [0.25, 0.3) is 21.8 Å². The van der Waals surface area contributed by atoms with Gasteiger partial charge in [0.25, 0.3) is 0 Å². The number of aliphatic carboxylic acids is 1. The number of aromatic amines is 2. The Bertz CT molecular complexity index is 5030. The van der Waals surface area contributed by atoms with Gasteiger partial charge in [0, 0.05) is 77.9 Å². The van der Waals surface area contributed by atoms with Crippen molar-refractivity contribution in [3.63, 3.8) is 0 Å². The molecule has 44 nitrogen and oxygen atoms in total. The molecular weight excluding hydrogens is 1820 g/mol. The molecular formula is C91H134N22O22S2. The molecule has 1 fully saturated rings. The van der Waals surface area contributed by atoms with E-state index in [4.69, 9.17) is 17.2 Å². The number of aromatic nitrogens is 2. The molecule has 1 aliphatic heterocycles. The summed E-state index contributed by atoms with van der Waals surface area (Å²) in [5.74, 6) is -18.9. The first-order valence-corrected chi connectivity index (χ1v) is 46.8. The van der Waals surface area contributed by atoms with Gasteiger partial charge >= 0.3 is 5.97 Å². The lowest BCUT2D eigenvalue weighted by Crippen LogP contribution is -2.60. The molecule has 3 heterocycles. The van der Waals surface area contributed by atoms with Gasteiger partial charge in [-0.05, 0) is 143 Å². The maximum atomic E-state index is 15.1. The zero-order chi connectivity index (χ0) is 102. The zero-order valence-electron chi connectivity index (χ0n) is 78.6. The molecule has 1 aliphatic rings. The second-order valence-electron chi connectivity index (χ2n) is 35.5. The van der Waals surface area contributed by atoms with Crippen LogP contribution in [0.5, 0.6) is 5.75 Å². The maximum Gasteiger partial charge on any atom is 0.325 e. The van der Waals surface area contributed by atoms with Crippen LogP contribution < -0.4 is 102 Å². The Kier molecular flexibility index (Phi) is 46.0. The number of primary amides is 1. The molecule has 5 aromatic rings. The highest BCUT2D eigenvalue weighted by Crippen LogP contribution is 2.25. The molecule has 15 atom stereocenters. The van der Waals surface area contributed by atoms with Crippen LogP contribution in [-0.2, 0) is 110 Å². The molecule has 18 amide bonds. The Morgan fingerprint density at radius 1 is 0.445 bits per heavy atom. The molecule has 0 aliphatic carbocycles. The minimum absolute atomic E-state index is 0.000112. The topological polar surface area (TPSA) is 690 Å². The second kappa shape index (κ2) is 55.9. The molecule has 0 spiro atoms. The van der Waals surface area contributed by atoms with E-state index in [2.05, 4.69) is 120 Å². The average Bonchev–Trinajstić information content (AvgIpc) is 1.74. The monoisotopic (exact) mass is 1950 g/mol. The summed E-state index contributed by atoms with van der Waals surface area (Å²) in [6.07, 6.45) is 3.08. The normalized spacial score (nSPS) is 15.5. The minimum Gasteiger partial charge on any atom is -0.508 e. The summed E-state index contributed by atoms with van der Waals surface area (Å²) in [6.45, 7) is 13.2. The molecule has 0 radical (unpaired) electrons. The summed E-state index contributed by atoms with van der Waals surface area (Å²) < 4.78 is 0. The van der Waals surface area contributed by atoms with Gasteiger partial charge in [0.2, 0.25) is 106 Å². The van der Waals surface area contributed by atoms with Crippen LogP contribution in [0.1, 0.15) is 150 Å². The number of nitrogens with one attached hydrogen (secondary N) is 18. The van der Waals surface area contributed by atoms with Crippen molar-refractivity contribution in [2.75, 3.05) is 50.8 Å². The van der Waals surface area contributed by atoms with E-state index in [9.17, 15) is 102 Å². The number of aliphatic hydroxyl groups is 1. The van der Waals surface area contributed by atoms with Gasteiger partial charge < -0.3 is 132 Å². The van der Waals surface area contributed by atoms with E-state index in [1.165, 1.54) is 43.0 Å². The summed E-state index contributed by atoms with van der Waals surface area (Å²) in [6, 6.07) is -0.772. The lowest BCUT2D eigenvalue weighted by Gasteiger charge is -2.30. The number of H-pyrrole nitrogens is 2. The first kappa shape index (κ1) is 113. The third-order valence-electron chi connectivity index (χ3n) is 22.4. The third-order valence-corrected chi connectivity index (χ3v) is 23.2. The lowest BCUT2D eigenvalue weighted by atomic mass is 10.0. The fraction of sp³-hybridized carbons (Fsp3) is 0.549. The van der Waals surface area contributed by atoms with Crippen LogP contribution in [-0.4, -0.2) is 284 Å². The Hall–Kier alpha value is -13.0. The minimum atomic E-state index is -1.77. The predicted octanol–water partition coefficient (Wildman–Crippen LogP) is -3.48. The molecule has 2 aromatic heterocycles. The maximum absolute atomic E-state index is 15.1. The van der Waals surface area contributed by atoms with E-state index in [-0.39, 0.29) is 112 Å². The van der Waals surface area contributed by atoms with Gasteiger partial charge in [-0.3, -0.25) is 91.1 Å². The largest absolute Gasteiger partial charge is 0.508 e. The number of likely N-dealkylation sites (tertiary alicyclic amines) is 1. The van der Waals surface area contributed by atoms with E-state index in [0.717, 1.165) is 5.52 Å². The van der Waals surface area contributed by atoms with E-state index in [1.54, 1.807) is 102 Å². The van der Waals surface area contributed by atoms with Gasteiger partial charge in [-0.15, -0.1) is 0 Å². The van der Waals surface area contributed by atoms with Gasteiger partial charge in [-0.1, -0.05) is 104 Å². The van der Waals surface area contributed by atoms with E-state index >= 15 is 4.79 Å². The van der Waals surface area contributed by atoms with E-state index < -0.39 is 248 Å². The molecule has 0 bridgehead atoms. The fourth-order valence-electron chi connectivity index (χ4n) is 15.0.